The van der Waals surface area contributed by atoms with E-state index in [0.29, 0.717) is 28.6 Å². The van der Waals surface area contributed by atoms with E-state index in [1.54, 1.807) is 6.20 Å². The third-order valence-electron chi connectivity index (χ3n) is 5.72. The first-order chi connectivity index (χ1) is 16.7. The van der Waals surface area contributed by atoms with Gasteiger partial charge >= 0.3 is 6.18 Å². The summed E-state index contributed by atoms with van der Waals surface area (Å²) in [6, 6.07) is 7.37. The van der Waals surface area contributed by atoms with Gasteiger partial charge < -0.3 is 20.9 Å². The van der Waals surface area contributed by atoms with E-state index in [1.807, 2.05) is 33.2 Å². The Labute approximate surface area is 207 Å². The summed E-state index contributed by atoms with van der Waals surface area (Å²) in [5.74, 6) is 1.18. The van der Waals surface area contributed by atoms with Gasteiger partial charge in [0.2, 0.25) is 5.95 Å². The molecule has 11 heteroatoms. The fourth-order valence-electron chi connectivity index (χ4n) is 3.85. The smallest absolute Gasteiger partial charge is 0.360 e. The molecule has 0 saturated carbocycles. The van der Waals surface area contributed by atoms with E-state index < -0.39 is 11.7 Å². The van der Waals surface area contributed by atoms with Gasteiger partial charge in [0.25, 0.3) is 0 Å². The highest BCUT2D eigenvalue weighted by atomic mass is 32.1. The van der Waals surface area contributed by atoms with Crippen LogP contribution in [0.4, 0.5) is 36.3 Å². The van der Waals surface area contributed by atoms with Crippen LogP contribution in [-0.2, 0) is 12.6 Å². The molecule has 2 aromatic heterocycles. The van der Waals surface area contributed by atoms with Crippen LogP contribution in [0.2, 0.25) is 0 Å². The van der Waals surface area contributed by atoms with E-state index in [-0.39, 0.29) is 5.69 Å². The predicted molar refractivity (Wildman–Crippen MR) is 136 cm³/mol. The molecular weight excluding hydrogens is 475 g/mol. The Morgan fingerprint density at radius 3 is 2.69 bits per heavy atom. The zero-order chi connectivity index (χ0) is 25.2. The summed E-state index contributed by atoms with van der Waals surface area (Å²) in [6.07, 6.45) is -1.47. The number of pyridine rings is 1. The lowest BCUT2D eigenvalue weighted by Gasteiger charge is -2.19. The SMILES string of the molecule is CNCCCN(C)c1ccc(Nc2ncc3c(n2)-c2ccc(C(F)(F)F)cc2NC(=S)C3)c(C)n1. The maximum Gasteiger partial charge on any atom is 0.416 e. The van der Waals surface area contributed by atoms with Gasteiger partial charge in [0.05, 0.1) is 27.6 Å². The average molecular weight is 502 g/mol. The Kier molecular flexibility index (Phi) is 7.18. The number of fused-ring (bicyclic) bond motifs is 3. The number of nitrogens with one attached hydrogen (secondary N) is 3. The van der Waals surface area contributed by atoms with Crippen molar-refractivity contribution < 1.29 is 13.2 Å². The number of alkyl halides is 3. The maximum absolute atomic E-state index is 13.2. The first-order valence-electron chi connectivity index (χ1n) is 11.1. The van der Waals surface area contributed by atoms with Crippen molar-refractivity contribution in [3.8, 4) is 11.3 Å². The van der Waals surface area contributed by atoms with E-state index in [1.165, 1.54) is 6.07 Å². The van der Waals surface area contributed by atoms with Crippen LogP contribution in [0.3, 0.4) is 0 Å². The fraction of sp³-hybridized carbons (Fsp3) is 0.333. The third-order valence-corrected chi connectivity index (χ3v) is 5.97. The zero-order valence-corrected chi connectivity index (χ0v) is 20.4. The number of aromatic nitrogens is 3. The Hall–Kier alpha value is -3.31. The normalized spacial score (nSPS) is 12.9. The van der Waals surface area contributed by atoms with Crippen LogP contribution in [0.25, 0.3) is 11.3 Å². The van der Waals surface area contributed by atoms with E-state index in [0.717, 1.165) is 54.4 Å². The molecule has 0 unspecified atom stereocenters. The van der Waals surface area contributed by atoms with Gasteiger partial charge in [0.1, 0.15) is 5.82 Å². The minimum atomic E-state index is -4.45. The first kappa shape index (κ1) is 24.8. The second kappa shape index (κ2) is 10.1. The molecule has 3 aromatic rings. The van der Waals surface area contributed by atoms with Gasteiger partial charge in [0.15, 0.2) is 0 Å². The van der Waals surface area contributed by atoms with Gasteiger partial charge in [-0.2, -0.15) is 13.2 Å². The van der Waals surface area contributed by atoms with Crippen LogP contribution in [-0.4, -0.2) is 47.1 Å². The molecule has 1 aliphatic rings. The van der Waals surface area contributed by atoms with Crippen molar-refractivity contribution in [2.24, 2.45) is 0 Å². The van der Waals surface area contributed by atoms with E-state index in [2.05, 4.69) is 35.8 Å². The molecule has 0 saturated heterocycles. The molecule has 0 bridgehead atoms. The van der Waals surface area contributed by atoms with Gasteiger partial charge in [0, 0.05) is 43.0 Å². The molecule has 3 heterocycles. The number of aryl methyl sites for hydroxylation is 1. The lowest BCUT2D eigenvalue weighted by Crippen LogP contribution is -2.23. The van der Waals surface area contributed by atoms with E-state index >= 15 is 0 Å². The van der Waals surface area contributed by atoms with Gasteiger partial charge in [-0.15, -0.1) is 0 Å². The summed E-state index contributed by atoms with van der Waals surface area (Å²) >= 11 is 5.32. The van der Waals surface area contributed by atoms with Crippen molar-refractivity contribution in [1.82, 2.24) is 20.3 Å². The quantitative estimate of drug-likeness (QED) is 0.310. The standard InChI is InChI=1S/C24H26F3N7S/c1-14-18(7-8-20(30-14)34(3)10-4-9-28-2)32-23-29-13-15-11-21(35)31-19-12-16(24(25,26)27)5-6-17(19)22(15)33-23/h5-8,12-13,28H,4,9-11H2,1-3H3,(H,31,35)(H,29,32,33). The largest absolute Gasteiger partial charge is 0.416 e. The molecule has 3 N–H and O–H groups in total. The number of nitrogens with zero attached hydrogens (tertiary/aromatic N) is 4. The molecule has 4 rings (SSSR count). The molecule has 0 radical (unpaired) electrons. The Morgan fingerprint density at radius 1 is 1.17 bits per heavy atom. The van der Waals surface area contributed by atoms with Crippen molar-refractivity contribution in [2.75, 3.05) is 42.7 Å². The summed E-state index contributed by atoms with van der Waals surface area (Å²) in [4.78, 5) is 16.2. The van der Waals surface area contributed by atoms with Crippen molar-refractivity contribution >= 4 is 40.3 Å². The van der Waals surface area contributed by atoms with Crippen LogP contribution in [0.1, 0.15) is 23.2 Å². The van der Waals surface area contributed by atoms with Crippen molar-refractivity contribution in [2.45, 2.75) is 25.9 Å². The molecule has 0 fully saturated rings. The summed E-state index contributed by atoms with van der Waals surface area (Å²) in [7, 11) is 3.93. The molecule has 7 nitrogen and oxygen atoms in total. The Morgan fingerprint density at radius 2 is 1.97 bits per heavy atom. The van der Waals surface area contributed by atoms with Gasteiger partial charge in [-0.1, -0.05) is 18.3 Å². The predicted octanol–water partition coefficient (Wildman–Crippen LogP) is 4.95. The number of hydrogen-bond donors (Lipinski definition) is 3. The molecule has 0 spiro atoms. The van der Waals surface area contributed by atoms with Crippen molar-refractivity contribution in [3.63, 3.8) is 0 Å². The highest BCUT2D eigenvalue weighted by Crippen LogP contribution is 2.38. The van der Waals surface area contributed by atoms with E-state index in [4.69, 9.17) is 12.2 Å². The van der Waals surface area contributed by atoms with Crippen LogP contribution < -0.4 is 20.9 Å². The van der Waals surface area contributed by atoms with Crippen LogP contribution >= 0.6 is 12.2 Å². The molecule has 0 amide bonds. The molecule has 0 aliphatic carbocycles. The fourth-order valence-corrected chi connectivity index (χ4v) is 4.11. The second-order valence-corrected chi connectivity index (χ2v) is 8.85. The number of halogens is 3. The topological polar surface area (TPSA) is 78.0 Å². The molecule has 1 aromatic carbocycles. The number of rotatable bonds is 7. The first-order valence-corrected chi connectivity index (χ1v) is 11.5. The molecular formula is C24H26F3N7S. The van der Waals surface area contributed by atoms with Crippen molar-refractivity contribution in [1.29, 1.82) is 0 Å². The Bertz CT molecular complexity index is 1250. The minimum Gasteiger partial charge on any atom is -0.360 e. The summed E-state index contributed by atoms with van der Waals surface area (Å²) < 4.78 is 39.7. The van der Waals surface area contributed by atoms with Gasteiger partial charge in [-0.05, 0) is 51.2 Å². The summed E-state index contributed by atoms with van der Waals surface area (Å²) in [5.41, 5.74) is 2.85. The molecule has 0 atom stereocenters. The third kappa shape index (κ3) is 5.68. The maximum atomic E-state index is 13.2. The number of thiocarbonyl (C=S) groups is 1. The van der Waals surface area contributed by atoms with Crippen LogP contribution in [0.15, 0.2) is 36.5 Å². The van der Waals surface area contributed by atoms with Gasteiger partial charge in [-0.3, -0.25) is 0 Å². The minimum absolute atomic E-state index is 0.275. The highest BCUT2D eigenvalue weighted by molar-refractivity contribution is 7.80. The molecule has 35 heavy (non-hydrogen) atoms. The average Bonchev–Trinajstić information content (AvgIpc) is 2.94. The highest BCUT2D eigenvalue weighted by Gasteiger charge is 2.32. The van der Waals surface area contributed by atoms with Crippen molar-refractivity contribution in [3.05, 3.63) is 53.3 Å². The lowest BCUT2D eigenvalue weighted by atomic mass is 10.0. The summed E-state index contributed by atoms with van der Waals surface area (Å²) in [6.45, 7) is 3.70. The number of hydrogen-bond acceptors (Lipinski definition) is 7. The molecule has 184 valence electrons. The molecule has 1 aliphatic heterocycles. The van der Waals surface area contributed by atoms with Gasteiger partial charge in [-0.25, -0.2) is 15.0 Å². The summed E-state index contributed by atoms with van der Waals surface area (Å²) in [5, 5.41) is 9.25. The van der Waals surface area contributed by atoms with Crippen LogP contribution in [0.5, 0.6) is 0 Å². The zero-order valence-electron chi connectivity index (χ0n) is 19.6. The second-order valence-electron chi connectivity index (χ2n) is 8.36. The van der Waals surface area contributed by atoms with E-state index in [9.17, 15) is 13.2 Å². The van der Waals surface area contributed by atoms with Crippen LogP contribution in [0, 0.1) is 6.92 Å². The lowest BCUT2D eigenvalue weighted by molar-refractivity contribution is -0.137. The monoisotopic (exact) mass is 501 g/mol. The Balaban J connectivity index is 1.62. The number of anilines is 4. The number of benzene rings is 1.